The Morgan fingerprint density at radius 3 is 2.92 bits per heavy atom. The van der Waals surface area contributed by atoms with E-state index in [1.165, 1.54) is 6.20 Å². The molecule has 3 heterocycles. The van der Waals surface area contributed by atoms with Gasteiger partial charge in [0.25, 0.3) is 5.56 Å². The number of aromatic amines is 2. The van der Waals surface area contributed by atoms with Crippen LogP contribution in [0.1, 0.15) is 16.7 Å². The first kappa shape index (κ1) is 23.0. The molecule has 2 aromatic carbocycles. The molecule has 5 aromatic rings. The second kappa shape index (κ2) is 9.82. The van der Waals surface area contributed by atoms with Crippen molar-refractivity contribution in [1.82, 2.24) is 24.5 Å². The molecule has 0 spiro atoms. The number of fused-ring (bicyclic) bond motifs is 1. The molecule has 0 bridgehead atoms. The maximum atomic E-state index is 12.9. The van der Waals surface area contributed by atoms with Crippen molar-refractivity contribution in [2.24, 2.45) is 10.9 Å². The van der Waals surface area contributed by atoms with Crippen LogP contribution in [-0.2, 0) is 6.42 Å². The van der Waals surface area contributed by atoms with Crippen molar-refractivity contribution in [3.63, 3.8) is 0 Å². The van der Waals surface area contributed by atoms with Gasteiger partial charge in [-0.2, -0.15) is 5.26 Å². The highest BCUT2D eigenvalue weighted by atomic mass is 16.3. The zero-order valence-corrected chi connectivity index (χ0v) is 19.5. The number of hydrogen-bond acceptors (Lipinski definition) is 6. The minimum atomic E-state index is -0.331. The van der Waals surface area contributed by atoms with Gasteiger partial charge in [0, 0.05) is 36.4 Å². The summed E-state index contributed by atoms with van der Waals surface area (Å²) in [5, 5.41) is 19.3. The third-order valence-corrected chi connectivity index (χ3v) is 6.02. The summed E-state index contributed by atoms with van der Waals surface area (Å²) in [5.41, 5.74) is 5.23. The molecule has 0 fully saturated rings. The minimum Gasteiger partial charge on any atom is -0.396 e. The van der Waals surface area contributed by atoms with E-state index in [1.54, 1.807) is 36.9 Å². The Balaban J connectivity index is 1.51. The Bertz CT molecular complexity index is 1660. The Hall–Kier alpha value is -4.81. The molecule has 9 heteroatoms. The molecule has 0 aliphatic heterocycles. The van der Waals surface area contributed by atoms with E-state index in [-0.39, 0.29) is 18.1 Å². The predicted molar refractivity (Wildman–Crippen MR) is 138 cm³/mol. The van der Waals surface area contributed by atoms with Crippen molar-refractivity contribution in [1.29, 1.82) is 5.26 Å². The normalized spacial score (nSPS) is 12.2. The van der Waals surface area contributed by atoms with E-state index >= 15 is 0 Å². The summed E-state index contributed by atoms with van der Waals surface area (Å²) in [7, 11) is 0. The average Bonchev–Trinajstić information content (AvgIpc) is 3.57. The van der Waals surface area contributed by atoms with Gasteiger partial charge in [-0.05, 0) is 48.7 Å². The van der Waals surface area contributed by atoms with Crippen LogP contribution in [0.15, 0.2) is 77.2 Å². The maximum absolute atomic E-state index is 12.9. The first-order valence-corrected chi connectivity index (χ1v) is 11.4. The summed E-state index contributed by atoms with van der Waals surface area (Å²) >= 11 is 0. The van der Waals surface area contributed by atoms with Gasteiger partial charge in [-0.15, -0.1) is 0 Å². The summed E-state index contributed by atoms with van der Waals surface area (Å²) in [4.78, 5) is 32.2. The van der Waals surface area contributed by atoms with Crippen molar-refractivity contribution < 1.29 is 5.11 Å². The van der Waals surface area contributed by atoms with Gasteiger partial charge in [-0.25, -0.2) is 9.97 Å². The van der Waals surface area contributed by atoms with E-state index in [2.05, 4.69) is 26.0 Å². The maximum Gasteiger partial charge on any atom is 0.261 e. The molecule has 3 aromatic heterocycles. The molecule has 1 atom stereocenters. The number of aliphatic hydroxyl groups excluding tert-OH is 1. The number of rotatable bonds is 7. The zero-order chi connectivity index (χ0) is 25.1. The van der Waals surface area contributed by atoms with Crippen molar-refractivity contribution in [2.75, 3.05) is 6.61 Å². The number of nitrogens with one attached hydrogen (secondary N) is 2. The van der Waals surface area contributed by atoms with Crippen LogP contribution in [0.3, 0.4) is 0 Å². The quantitative estimate of drug-likeness (QED) is 0.306. The van der Waals surface area contributed by atoms with E-state index < -0.39 is 0 Å². The largest absolute Gasteiger partial charge is 0.396 e. The number of pyridine rings is 1. The SMILES string of the molecule is Cc1cc(-n2ccnc2)cc2[nH]c(-c3c(N=CC(CO)Cc4ccccc4C#N)cc[nH]c3=O)nc12. The second-order valence-corrected chi connectivity index (χ2v) is 8.48. The Kier molecular flexibility index (Phi) is 6.26. The molecule has 3 N–H and O–H groups in total. The van der Waals surface area contributed by atoms with Gasteiger partial charge >= 0.3 is 0 Å². The van der Waals surface area contributed by atoms with E-state index in [9.17, 15) is 15.2 Å². The molecule has 1 unspecified atom stereocenters. The third kappa shape index (κ3) is 4.45. The number of imidazole rings is 2. The monoisotopic (exact) mass is 477 g/mol. The lowest BCUT2D eigenvalue weighted by molar-refractivity contribution is 0.263. The van der Waals surface area contributed by atoms with Crippen molar-refractivity contribution in [3.8, 4) is 23.1 Å². The van der Waals surface area contributed by atoms with E-state index in [4.69, 9.17) is 4.98 Å². The molecule has 0 saturated heterocycles. The van der Waals surface area contributed by atoms with E-state index in [0.29, 0.717) is 29.1 Å². The summed E-state index contributed by atoms with van der Waals surface area (Å²) in [6.45, 7) is 1.81. The van der Waals surface area contributed by atoms with Crippen molar-refractivity contribution in [3.05, 3.63) is 94.4 Å². The van der Waals surface area contributed by atoms with Gasteiger partial charge in [-0.3, -0.25) is 9.79 Å². The number of benzene rings is 2. The third-order valence-electron chi connectivity index (χ3n) is 6.02. The number of aromatic nitrogens is 5. The average molecular weight is 478 g/mol. The molecule has 36 heavy (non-hydrogen) atoms. The number of nitriles is 1. The lowest BCUT2D eigenvalue weighted by Gasteiger charge is -2.10. The Morgan fingerprint density at radius 1 is 1.28 bits per heavy atom. The van der Waals surface area contributed by atoms with Crippen LogP contribution in [0.5, 0.6) is 0 Å². The topological polar surface area (TPSA) is 136 Å². The highest BCUT2D eigenvalue weighted by Gasteiger charge is 2.16. The van der Waals surface area contributed by atoms with Crippen molar-refractivity contribution in [2.45, 2.75) is 13.3 Å². The van der Waals surface area contributed by atoms with Gasteiger partial charge in [0.15, 0.2) is 0 Å². The zero-order valence-electron chi connectivity index (χ0n) is 19.5. The molecular formula is C27H23N7O2. The molecule has 0 amide bonds. The van der Waals surface area contributed by atoms with Crippen LogP contribution in [0.4, 0.5) is 5.69 Å². The fourth-order valence-corrected chi connectivity index (χ4v) is 4.20. The van der Waals surface area contributed by atoms with E-state index in [1.807, 2.05) is 42.0 Å². The van der Waals surface area contributed by atoms with Crippen LogP contribution in [0, 0.1) is 24.2 Å². The molecule has 0 radical (unpaired) electrons. The first-order chi connectivity index (χ1) is 17.6. The van der Waals surface area contributed by atoms with Crippen LogP contribution in [0.2, 0.25) is 0 Å². The first-order valence-electron chi connectivity index (χ1n) is 11.4. The van der Waals surface area contributed by atoms with Gasteiger partial charge in [0.2, 0.25) is 0 Å². The lowest BCUT2D eigenvalue weighted by Crippen LogP contribution is -2.13. The van der Waals surface area contributed by atoms with Gasteiger partial charge in [0.05, 0.1) is 41.3 Å². The number of aliphatic imine (C=N–C) groups is 1. The molecule has 178 valence electrons. The fraction of sp³-hybridized carbons (Fsp3) is 0.148. The molecule has 0 aliphatic carbocycles. The van der Waals surface area contributed by atoms with Gasteiger partial charge in [0.1, 0.15) is 11.4 Å². The molecule has 5 rings (SSSR count). The highest BCUT2D eigenvalue weighted by Crippen LogP contribution is 2.29. The second-order valence-electron chi connectivity index (χ2n) is 8.48. The number of H-pyrrole nitrogens is 2. The smallest absolute Gasteiger partial charge is 0.261 e. The van der Waals surface area contributed by atoms with Crippen molar-refractivity contribution >= 4 is 22.9 Å². The molecule has 9 nitrogen and oxygen atoms in total. The predicted octanol–water partition coefficient (Wildman–Crippen LogP) is 3.84. The highest BCUT2D eigenvalue weighted by molar-refractivity contribution is 5.86. The number of hydrogen-bond donors (Lipinski definition) is 3. The fourth-order valence-electron chi connectivity index (χ4n) is 4.20. The molecular weight excluding hydrogens is 454 g/mol. The van der Waals surface area contributed by atoms with Gasteiger partial charge < -0.3 is 19.6 Å². The van der Waals surface area contributed by atoms with Gasteiger partial charge in [-0.1, -0.05) is 18.2 Å². The van der Waals surface area contributed by atoms with E-state index in [0.717, 1.165) is 27.8 Å². The number of nitrogens with zero attached hydrogens (tertiary/aromatic N) is 5. The van der Waals surface area contributed by atoms with Crippen LogP contribution >= 0.6 is 0 Å². The minimum absolute atomic E-state index is 0.150. The standard InChI is InChI=1S/C27H23N7O2/c1-17-10-21(34-9-8-29-16-34)12-23-25(17)33-26(32-23)24-22(6-7-30-27(24)36)31-14-18(15-35)11-19-4-2-3-5-20(19)13-28/h2-10,12,14,16,18,35H,11,15H2,1H3,(H,30,36)(H,32,33). The number of aryl methyl sites for hydroxylation is 1. The summed E-state index contributed by atoms with van der Waals surface area (Å²) in [5.74, 6) is 0.0718. The van der Waals surface area contributed by atoms with Crippen LogP contribution in [0.25, 0.3) is 28.1 Å². The Labute approximate surface area is 206 Å². The molecule has 0 saturated carbocycles. The number of aliphatic hydroxyl groups is 1. The summed E-state index contributed by atoms with van der Waals surface area (Å²) in [6.07, 6.45) is 8.89. The summed E-state index contributed by atoms with van der Waals surface area (Å²) in [6, 6.07) is 15.1. The van der Waals surface area contributed by atoms with Crippen LogP contribution < -0.4 is 5.56 Å². The lowest BCUT2D eigenvalue weighted by atomic mass is 9.97. The molecule has 0 aliphatic rings. The Morgan fingerprint density at radius 2 is 2.14 bits per heavy atom. The summed E-state index contributed by atoms with van der Waals surface area (Å²) < 4.78 is 1.90. The van der Waals surface area contributed by atoms with Crippen LogP contribution in [-0.4, -0.2) is 42.4 Å².